The first-order chi connectivity index (χ1) is 11.5. The van der Waals surface area contributed by atoms with Gasteiger partial charge in [-0.3, -0.25) is 14.0 Å². The van der Waals surface area contributed by atoms with E-state index in [1.54, 1.807) is 4.90 Å². The van der Waals surface area contributed by atoms with Gasteiger partial charge in [-0.25, -0.2) is 0 Å². The average molecular weight is 367 g/mol. The lowest BCUT2D eigenvalue weighted by Crippen LogP contribution is -2.43. The van der Waals surface area contributed by atoms with Crippen LogP contribution in [0.3, 0.4) is 0 Å². The lowest BCUT2D eigenvalue weighted by Gasteiger charge is -2.31. The summed E-state index contributed by atoms with van der Waals surface area (Å²) in [5.41, 5.74) is -0.353. The van der Waals surface area contributed by atoms with Gasteiger partial charge in [-0.1, -0.05) is 66.3 Å². The van der Waals surface area contributed by atoms with Crippen LogP contribution in [0.15, 0.2) is 35.1 Å². The maximum absolute atomic E-state index is 12.9. The van der Waals surface area contributed by atoms with E-state index in [-0.39, 0.29) is 22.4 Å². The van der Waals surface area contributed by atoms with Crippen molar-refractivity contribution >= 4 is 29.0 Å². The molecule has 2 aromatic rings. The molecule has 0 saturated heterocycles. The fourth-order valence-corrected chi connectivity index (χ4v) is 4.12. The van der Waals surface area contributed by atoms with Gasteiger partial charge >= 0.3 is 0 Å². The second kappa shape index (κ2) is 7.09. The van der Waals surface area contributed by atoms with Crippen molar-refractivity contribution in [2.45, 2.75) is 37.8 Å². The molecule has 0 radical (unpaired) electrons. The number of H-pyrrole nitrogens is 1. The van der Waals surface area contributed by atoms with Crippen LogP contribution in [0.2, 0.25) is 5.02 Å². The Morgan fingerprint density at radius 1 is 1.29 bits per heavy atom. The topological polar surface area (TPSA) is 73.4 Å². The molecule has 1 saturated carbocycles. The molecule has 0 spiro atoms. The molecule has 1 aromatic heterocycles. The summed E-state index contributed by atoms with van der Waals surface area (Å²) in [5.74, 6) is -0.326. The van der Waals surface area contributed by atoms with E-state index in [0.29, 0.717) is 19.4 Å². The Bertz CT molecular complexity index is 766. The smallest absolute Gasteiger partial charge is 0.277 e. The van der Waals surface area contributed by atoms with Crippen LogP contribution in [0.5, 0.6) is 0 Å². The van der Waals surface area contributed by atoms with Crippen molar-refractivity contribution < 1.29 is 9.90 Å². The van der Waals surface area contributed by atoms with Gasteiger partial charge < -0.3 is 10.0 Å². The van der Waals surface area contributed by atoms with E-state index >= 15 is 0 Å². The molecule has 0 bridgehead atoms. The minimum Gasteiger partial charge on any atom is -0.388 e. The highest BCUT2D eigenvalue weighted by Gasteiger charge is 2.35. The Hall–Kier alpha value is -1.63. The Kier molecular flexibility index (Phi) is 5.08. The number of carbonyl (C=O) groups is 1. The maximum Gasteiger partial charge on any atom is 0.277 e. The van der Waals surface area contributed by atoms with Crippen molar-refractivity contribution in [3.8, 4) is 0 Å². The van der Waals surface area contributed by atoms with Gasteiger partial charge in [-0.2, -0.15) is 0 Å². The number of halogens is 1. The Morgan fingerprint density at radius 2 is 1.96 bits per heavy atom. The van der Waals surface area contributed by atoms with Gasteiger partial charge in [0, 0.05) is 6.54 Å². The van der Waals surface area contributed by atoms with Crippen molar-refractivity contribution in [1.82, 2.24) is 9.27 Å². The first-order valence-corrected chi connectivity index (χ1v) is 9.10. The predicted molar refractivity (Wildman–Crippen MR) is 94.6 cm³/mol. The summed E-state index contributed by atoms with van der Waals surface area (Å²) in [7, 11) is 0. The van der Waals surface area contributed by atoms with Crippen LogP contribution in [0.1, 0.15) is 40.9 Å². The monoisotopic (exact) mass is 366 g/mol. The molecular weight excluding hydrogens is 348 g/mol. The SMILES string of the molecule is O=C(c1s[nH]c(=O)c1Cl)N(Cc1ccccc1)CC1(O)CCCC1. The Balaban J connectivity index is 1.87. The van der Waals surface area contributed by atoms with Crippen LogP contribution in [-0.2, 0) is 6.54 Å². The molecule has 0 aliphatic heterocycles. The lowest BCUT2D eigenvalue weighted by molar-refractivity contribution is 0.00804. The van der Waals surface area contributed by atoms with Crippen molar-refractivity contribution in [2.24, 2.45) is 0 Å². The summed E-state index contributed by atoms with van der Waals surface area (Å²) >= 11 is 6.90. The fraction of sp³-hybridized carbons (Fsp3) is 0.412. The number of aliphatic hydroxyl groups is 1. The van der Waals surface area contributed by atoms with Crippen LogP contribution >= 0.6 is 23.1 Å². The molecule has 128 valence electrons. The minimum atomic E-state index is -0.863. The number of rotatable bonds is 5. The number of hydrogen-bond donors (Lipinski definition) is 2. The second-order valence-electron chi connectivity index (χ2n) is 6.25. The molecule has 5 nitrogen and oxygen atoms in total. The van der Waals surface area contributed by atoms with Gasteiger partial charge in [0.2, 0.25) is 0 Å². The zero-order valence-corrected chi connectivity index (χ0v) is 14.7. The van der Waals surface area contributed by atoms with Crippen LogP contribution in [0, 0.1) is 0 Å². The maximum atomic E-state index is 12.9. The van der Waals surface area contributed by atoms with Crippen molar-refractivity contribution in [3.63, 3.8) is 0 Å². The molecule has 3 rings (SSSR count). The van der Waals surface area contributed by atoms with Gasteiger partial charge in [0.1, 0.15) is 9.90 Å². The highest BCUT2D eigenvalue weighted by atomic mass is 35.5. The summed E-state index contributed by atoms with van der Waals surface area (Å²) in [6.45, 7) is 0.605. The van der Waals surface area contributed by atoms with E-state index in [1.165, 1.54) is 0 Å². The highest BCUT2D eigenvalue weighted by molar-refractivity contribution is 7.08. The third-order valence-corrected chi connectivity index (χ3v) is 5.70. The third-order valence-electron chi connectivity index (χ3n) is 4.36. The van der Waals surface area contributed by atoms with E-state index in [4.69, 9.17) is 11.6 Å². The number of benzene rings is 1. The van der Waals surface area contributed by atoms with Crippen LogP contribution < -0.4 is 5.56 Å². The predicted octanol–water partition coefficient (Wildman–Crippen LogP) is 3.04. The van der Waals surface area contributed by atoms with Crippen LogP contribution in [-0.4, -0.2) is 32.4 Å². The zero-order valence-electron chi connectivity index (χ0n) is 13.1. The van der Waals surface area contributed by atoms with Gasteiger partial charge in [-0.05, 0) is 18.4 Å². The van der Waals surface area contributed by atoms with E-state index in [1.807, 2.05) is 30.3 Å². The van der Waals surface area contributed by atoms with Gasteiger partial charge in [0.25, 0.3) is 11.5 Å². The van der Waals surface area contributed by atoms with Crippen molar-refractivity contribution in [3.05, 3.63) is 56.1 Å². The quantitative estimate of drug-likeness (QED) is 0.854. The first-order valence-electron chi connectivity index (χ1n) is 7.91. The molecule has 7 heteroatoms. The molecule has 24 heavy (non-hydrogen) atoms. The molecule has 2 N–H and O–H groups in total. The standard InChI is InChI=1S/C17H19ClN2O3S/c18-13-14(24-19-15(13)21)16(22)20(10-12-6-2-1-3-7-12)11-17(23)8-4-5-9-17/h1-3,6-7,23H,4-5,8-11H2,(H,19,21). The van der Waals surface area contributed by atoms with Crippen molar-refractivity contribution in [1.29, 1.82) is 0 Å². The molecule has 0 unspecified atom stereocenters. The number of carbonyl (C=O) groups excluding carboxylic acids is 1. The molecule has 1 heterocycles. The summed E-state index contributed by atoms with van der Waals surface area (Å²) in [6.07, 6.45) is 3.29. The number of aromatic nitrogens is 1. The number of hydrogen-bond acceptors (Lipinski definition) is 4. The first kappa shape index (κ1) is 17.2. The minimum absolute atomic E-state index is 0.0820. The summed E-state index contributed by atoms with van der Waals surface area (Å²) in [6, 6.07) is 9.59. The Morgan fingerprint density at radius 3 is 2.54 bits per heavy atom. The van der Waals surface area contributed by atoms with Gasteiger partial charge in [-0.15, -0.1) is 0 Å². The third kappa shape index (κ3) is 3.71. The number of aromatic amines is 1. The number of amides is 1. The van der Waals surface area contributed by atoms with Gasteiger partial charge in [0.05, 0.1) is 12.1 Å². The van der Waals surface area contributed by atoms with Crippen molar-refractivity contribution in [2.75, 3.05) is 6.54 Å². The van der Waals surface area contributed by atoms with Crippen LogP contribution in [0.25, 0.3) is 0 Å². The Labute approximate surface area is 149 Å². The normalized spacial score (nSPS) is 16.2. The molecule has 1 aromatic carbocycles. The van der Waals surface area contributed by atoms with E-state index in [9.17, 15) is 14.7 Å². The zero-order chi connectivity index (χ0) is 17.2. The molecule has 1 fully saturated rings. The van der Waals surface area contributed by atoms with Crippen LogP contribution in [0.4, 0.5) is 0 Å². The molecule has 1 aliphatic carbocycles. The molecule has 0 atom stereocenters. The average Bonchev–Trinajstić information content (AvgIpc) is 3.14. The summed E-state index contributed by atoms with van der Waals surface area (Å²) in [5, 5.41) is 10.6. The highest BCUT2D eigenvalue weighted by Crippen LogP contribution is 2.31. The van der Waals surface area contributed by atoms with E-state index in [2.05, 4.69) is 4.37 Å². The van der Waals surface area contributed by atoms with E-state index in [0.717, 1.165) is 29.9 Å². The van der Waals surface area contributed by atoms with Gasteiger partial charge in [0.15, 0.2) is 0 Å². The summed E-state index contributed by atoms with van der Waals surface area (Å²) < 4.78 is 2.48. The molecular formula is C17H19ClN2O3S. The molecule has 1 aliphatic rings. The largest absolute Gasteiger partial charge is 0.388 e. The lowest BCUT2D eigenvalue weighted by atomic mass is 10.0. The number of nitrogens with zero attached hydrogens (tertiary/aromatic N) is 1. The van der Waals surface area contributed by atoms with E-state index < -0.39 is 11.2 Å². The second-order valence-corrected chi connectivity index (χ2v) is 7.45. The molecule has 1 amide bonds. The summed E-state index contributed by atoms with van der Waals surface area (Å²) in [4.78, 5) is 26.2. The number of nitrogens with one attached hydrogen (secondary N) is 1. The fourth-order valence-electron chi connectivity index (χ4n) is 3.12.